The van der Waals surface area contributed by atoms with Gasteiger partial charge in [-0.25, -0.2) is 0 Å². The van der Waals surface area contributed by atoms with Crippen molar-refractivity contribution in [1.82, 2.24) is 4.90 Å². The summed E-state index contributed by atoms with van der Waals surface area (Å²) in [4.78, 5) is 28.2. The van der Waals surface area contributed by atoms with Crippen LogP contribution in [0.5, 0.6) is 5.75 Å². The number of methoxy groups -OCH3 is 1. The molecular formula is C25H23ClN2O3. The Morgan fingerprint density at radius 2 is 1.84 bits per heavy atom. The molecule has 3 aromatic carbocycles. The van der Waals surface area contributed by atoms with Crippen LogP contribution in [-0.4, -0.2) is 30.4 Å². The SMILES string of the molecule is COc1cccc(NC(=O)C2c3ccccc3C(=O)N2CC(C)c2ccc(Cl)cc2)c1. The van der Waals surface area contributed by atoms with Gasteiger partial charge in [0.25, 0.3) is 11.8 Å². The molecule has 0 radical (unpaired) electrons. The predicted molar refractivity (Wildman–Crippen MR) is 122 cm³/mol. The molecule has 1 aliphatic heterocycles. The van der Waals surface area contributed by atoms with Crippen molar-refractivity contribution >= 4 is 29.1 Å². The Kier molecular flexibility index (Phi) is 5.96. The highest BCUT2D eigenvalue weighted by atomic mass is 35.5. The topological polar surface area (TPSA) is 58.6 Å². The summed E-state index contributed by atoms with van der Waals surface area (Å²) in [5.74, 6) is 0.286. The van der Waals surface area contributed by atoms with Crippen LogP contribution < -0.4 is 10.1 Å². The molecule has 4 rings (SSSR count). The van der Waals surface area contributed by atoms with E-state index in [4.69, 9.17) is 16.3 Å². The zero-order chi connectivity index (χ0) is 22.0. The molecule has 5 nitrogen and oxygen atoms in total. The predicted octanol–water partition coefficient (Wildman–Crippen LogP) is 5.29. The molecule has 2 atom stereocenters. The van der Waals surface area contributed by atoms with E-state index in [-0.39, 0.29) is 17.7 Å². The van der Waals surface area contributed by atoms with Gasteiger partial charge in [-0.05, 0) is 47.4 Å². The lowest BCUT2D eigenvalue weighted by molar-refractivity contribution is -0.120. The van der Waals surface area contributed by atoms with E-state index in [1.165, 1.54) is 0 Å². The van der Waals surface area contributed by atoms with E-state index in [2.05, 4.69) is 5.32 Å². The maximum atomic E-state index is 13.3. The van der Waals surface area contributed by atoms with Gasteiger partial charge in [0, 0.05) is 28.9 Å². The van der Waals surface area contributed by atoms with Gasteiger partial charge in [-0.1, -0.05) is 54.9 Å². The van der Waals surface area contributed by atoms with Crippen molar-refractivity contribution in [3.8, 4) is 5.75 Å². The fraction of sp³-hybridized carbons (Fsp3) is 0.200. The lowest BCUT2D eigenvalue weighted by Crippen LogP contribution is -2.37. The molecule has 3 aromatic rings. The summed E-state index contributed by atoms with van der Waals surface area (Å²) in [6.07, 6.45) is 0. The highest BCUT2D eigenvalue weighted by Gasteiger charge is 2.41. The normalized spacial score (nSPS) is 16.0. The molecule has 31 heavy (non-hydrogen) atoms. The average molecular weight is 435 g/mol. The summed E-state index contributed by atoms with van der Waals surface area (Å²) in [6.45, 7) is 2.45. The number of rotatable bonds is 6. The number of carbonyl (C=O) groups excluding carboxylic acids is 2. The Morgan fingerprint density at radius 1 is 1.10 bits per heavy atom. The highest BCUT2D eigenvalue weighted by molar-refractivity contribution is 6.30. The molecule has 0 aliphatic carbocycles. The fourth-order valence-corrected chi connectivity index (χ4v) is 4.07. The molecule has 2 amide bonds. The summed E-state index contributed by atoms with van der Waals surface area (Å²) in [5, 5.41) is 3.60. The van der Waals surface area contributed by atoms with Crippen molar-refractivity contribution in [2.75, 3.05) is 19.0 Å². The Morgan fingerprint density at radius 3 is 2.58 bits per heavy atom. The van der Waals surface area contributed by atoms with E-state index < -0.39 is 6.04 Å². The van der Waals surface area contributed by atoms with Crippen LogP contribution in [0.1, 0.15) is 40.4 Å². The zero-order valence-corrected chi connectivity index (χ0v) is 18.1. The number of fused-ring (bicyclic) bond motifs is 1. The van der Waals surface area contributed by atoms with Gasteiger partial charge in [-0.3, -0.25) is 9.59 Å². The van der Waals surface area contributed by atoms with Crippen LogP contribution in [0.2, 0.25) is 5.02 Å². The lowest BCUT2D eigenvalue weighted by Gasteiger charge is -2.27. The van der Waals surface area contributed by atoms with Gasteiger partial charge in [0.05, 0.1) is 7.11 Å². The number of hydrogen-bond acceptors (Lipinski definition) is 3. The molecule has 0 aromatic heterocycles. The minimum atomic E-state index is -0.704. The maximum absolute atomic E-state index is 13.3. The Bertz CT molecular complexity index is 1110. The van der Waals surface area contributed by atoms with Gasteiger partial charge in [-0.15, -0.1) is 0 Å². The second-order valence-corrected chi connectivity index (χ2v) is 8.06. The third-order valence-electron chi connectivity index (χ3n) is 5.55. The molecule has 158 valence electrons. The molecule has 2 unspecified atom stereocenters. The summed E-state index contributed by atoms with van der Waals surface area (Å²) in [6, 6.07) is 21.3. The van der Waals surface area contributed by atoms with Crippen LogP contribution in [0.3, 0.4) is 0 Å². The number of nitrogens with zero attached hydrogens (tertiary/aromatic N) is 1. The van der Waals surface area contributed by atoms with E-state index in [0.717, 1.165) is 11.1 Å². The first-order valence-corrected chi connectivity index (χ1v) is 10.5. The molecule has 1 aliphatic rings. The summed E-state index contributed by atoms with van der Waals surface area (Å²) in [7, 11) is 1.58. The Balaban J connectivity index is 1.62. The van der Waals surface area contributed by atoms with Crippen LogP contribution in [0.25, 0.3) is 0 Å². The van der Waals surface area contributed by atoms with Crippen LogP contribution >= 0.6 is 11.6 Å². The number of amides is 2. The van der Waals surface area contributed by atoms with Crippen molar-refractivity contribution in [3.63, 3.8) is 0 Å². The van der Waals surface area contributed by atoms with Crippen LogP contribution in [-0.2, 0) is 4.79 Å². The molecule has 0 spiro atoms. The summed E-state index contributed by atoms with van der Waals surface area (Å²) in [5.41, 5.74) is 2.96. The quantitative estimate of drug-likeness (QED) is 0.573. The molecule has 0 bridgehead atoms. The fourth-order valence-electron chi connectivity index (χ4n) is 3.94. The number of ether oxygens (including phenoxy) is 1. The number of benzene rings is 3. The van der Waals surface area contributed by atoms with Gasteiger partial charge in [0.15, 0.2) is 0 Å². The van der Waals surface area contributed by atoms with Crippen molar-refractivity contribution in [2.24, 2.45) is 0 Å². The van der Waals surface area contributed by atoms with Crippen LogP contribution in [0.15, 0.2) is 72.8 Å². The molecule has 1 heterocycles. The second-order valence-electron chi connectivity index (χ2n) is 7.62. The molecule has 0 saturated carbocycles. The molecule has 0 fully saturated rings. The third kappa shape index (κ3) is 4.28. The van der Waals surface area contributed by atoms with Crippen molar-refractivity contribution in [2.45, 2.75) is 18.9 Å². The van der Waals surface area contributed by atoms with Crippen molar-refractivity contribution in [1.29, 1.82) is 0 Å². The molecule has 6 heteroatoms. The third-order valence-corrected chi connectivity index (χ3v) is 5.81. The number of carbonyl (C=O) groups is 2. The van der Waals surface area contributed by atoms with E-state index in [1.54, 1.807) is 30.2 Å². The van der Waals surface area contributed by atoms with Gasteiger partial charge in [0.1, 0.15) is 11.8 Å². The first kappa shape index (κ1) is 20.9. The average Bonchev–Trinajstić information content (AvgIpc) is 3.06. The van der Waals surface area contributed by atoms with Gasteiger partial charge < -0.3 is 15.0 Å². The Labute approximate surface area is 186 Å². The largest absolute Gasteiger partial charge is 0.497 e. The zero-order valence-electron chi connectivity index (χ0n) is 17.3. The molecule has 0 saturated heterocycles. The monoisotopic (exact) mass is 434 g/mol. The number of anilines is 1. The van der Waals surface area contributed by atoms with E-state index in [9.17, 15) is 9.59 Å². The smallest absolute Gasteiger partial charge is 0.255 e. The van der Waals surface area contributed by atoms with E-state index in [1.807, 2.05) is 61.5 Å². The molecule has 1 N–H and O–H groups in total. The first-order chi connectivity index (χ1) is 15.0. The van der Waals surface area contributed by atoms with Gasteiger partial charge in [-0.2, -0.15) is 0 Å². The number of nitrogens with one attached hydrogen (secondary N) is 1. The van der Waals surface area contributed by atoms with E-state index >= 15 is 0 Å². The number of hydrogen-bond donors (Lipinski definition) is 1. The number of halogens is 1. The van der Waals surface area contributed by atoms with Crippen LogP contribution in [0.4, 0.5) is 5.69 Å². The Hall–Kier alpha value is -3.31. The standard InChI is InChI=1S/C25H23ClN2O3/c1-16(17-10-12-18(26)13-11-17)15-28-23(21-8-3-4-9-22(21)25(28)30)24(29)27-19-6-5-7-20(14-19)31-2/h3-14,16,23H,15H2,1-2H3,(H,27,29). The van der Waals surface area contributed by atoms with Gasteiger partial charge >= 0.3 is 0 Å². The van der Waals surface area contributed by atoms with Crippen molar-refractivity contribution in [3.05, 3.63) is 94.5 Å². The second kappa shape index (κ2) is 8.82. The molecular weight excluding hydrogens is 412 g/mol. The summed E-state index contributed by atoms with van der Waals surface area (Å²) >= 11 is 6.01. The highest BCUT2D eigenvalue weighted by Crippen LogP contribution is 2.36. The van der Waals surface area contributed by atoms with Gasteiger partial charge in [0.2, 0.25) is 0 Å². The maximum Gasteiger partial charge on any atom is 0.255 e. The minimum Gasteiger partial charge on any atom is -0.497 e. The lowest BCUT2D eigenvalue weighted by atomic mass is 9.99. The van der Waals surface area contributed by atoms with Crippen LogP contribution in [0, 0.1) is 0 Å². The summed E-state index contributed by atoms with van der Waals surface area (Å²) < 4.78 is 5.24. The first-order valence-electron chi connectivity index (χ1n) is 10.1. The minimum absolute atomic E-state index is 0.0302. The van der Waals surface area contributed by atoms with E-state index in [0.29, 0.717) is 28.6 Å². The van der Waals surface area contributed by atoms with Crippen molar-refractivity contribution < 1.29 is 14.3 Å².